The van der Waals surface area contributed by atoms with E-state index in [0.717, 1.165) is 5.39 Å². The smallest absolute Gasteiger partial charge is 0.389 e. The van der Waals surface area contributed by atoms with E-state index in [1.54, 1.807) is 24.3 Å². The Morgan fingerprint density at radius 3 is 2.70 bits per heavy atom. The maximum Gasteiger partial charge on any atom is 0.389 e. The second-order valence-electron chi connectivity index (χ2n) is 4.21. The van der Waals surface area contributed by atoms with Gasteiger partial charge in [0, 0.05) is 11.8 Å². The third-order valence-electron chi connectivity index (χ3n) is 2.65. The van der Waals surface area contributed by atoms with E-state index in [9.17, 15) is 13.2 Å². The molecule has 0 N–H and O–H groups in total. The van der Waals surface area contributed by atoms with Crippen molar-refractivity contribution in [2.75, 3.05) is 6.61 Å². The van der Waals surface area contributed by atoms with E-state index in [0.29, 0.717) is 5.52 Å². The van der Waals surface area contributed by atoms with E-state index in [1.807, 2.05) is 12.1 Å². The van der Waals surface area contributed by atoms with E-state index in [-0.39, 0.29) is 24.5 Å². The Kier molecular flexibility index (Phi) is 4.08. The normalized spacial score (nSPS) is 11.3. The van der Waals surface area contributed by atoms with Gasteiger partial charge in [-0.2, -0.15) is 18.4 Å². The van der Waals surface area contributed by atoms with Crippen LogP contribution in [-0.2, 0) is 0 Å². The van der Waals surface area contributed by atoms with E-state index in [4.69, 9.17) is 10.00 Å². The van der Waals surface area contributed by atoms with Crippen molar-refractivity contribution < 1.29 is 17.9 Å². The predicted molar refractivity (Wildman–Crippen MR) is 67.2 cm³/mol. The van der Waals surface area contributed by atoms with Gasteiger partial charge in [0.2, 0.25) is 5.88 Å². The first-order valence-electron chi connectivity index (χ1n) is 5.99. The van der Waals surface area contributed by atoms with Gasteiger partial charge in [-0.3, -0.25) is 0 Å². The van der Waals surface area contributed by atoms with Crippen molar-refractivity contribution in [1.82, 2.24) is 4.98 Å². The first-order valence-corrected chi connectivity index (χ1v) is 5.99. The van der Waals surface area contributed by atoms with Crippen molar-refractivity contribution in [3.8, 4) is 11.9 Å². The number of halogens is 3. The molecule has 0 bridgehead atoms. The van der Waals surface area contributed by atoms with Crippen molar-refractivity contribution in [3.63, 3.8) is 0 Å². The number of benzene rings is 1. The number of hydrogen-bond acceptors (Lipinski definition) is 3. The Bertz CT molecular complexity index is 647. The molecular weight excluding hydrogens is 269 g/mol. The van der Waals surface area contributed by atoms with Crippen LogP contribution in [0.4, 0.5) is 13.2 Å². The Labute approximate surface area is 113 Å². The molecule has 0 saturated carbocycles. The molecule has 104 valence electrons. The summed E-state index contributed by atoms with van der Waals surface area (Å²) in [4.78, 5) is 4.15. The summed E-state index contributed by atoms with van der Waals surface area (Å²) in [5.41, 5.74) is 0.855. The minimum atomic E-state index is -4.20. The molecule has 6 heteroatoms. The quantitative estimate of drug-likeness (QED) is 0.800. The largest absolute Gasteiger partial charge is 0.477 e. The first kappa shape index (κ1) is 14.1. The number of rotatable bonds is 4. The average molecular weight is 280 g/mol. The molecule has 1 heterocycles. The van der Waals surface area contributed by atoms with Crippen LogP contribution in [-0.4, -0.2) is 17.8 Å². The molecule has 2 aromatic rings. The number of nitrogens with zero attached hydrogens (tertiary/aromatic N) is 2. The van der Waals surface area contributed by atoms with Gasteiger partial charge in [0.05, 0.1) is 12.1 Å². The third-order valence-corrected chi connectivity index (χ3v) is 2.65. The summed E-state index contributed by atoms with van der Waals surface area (Å²) >= 11 is 0. The number of fused-ring (bicyclic) bond motifs is 1. The van der Waals surface area contributed by atoms with Gasteiger partial charge >= 0.3 is 6.18 Å². The van der Waals surface area contributed by atoms with Crippen LogP contribution in [0.2, 0.25) is 0 Å². The summed E-state index contributed by atoms with van der Waals surface area (Å²) in [7, 11) is 0. The molecule has 2 rings (SSSR count). The van der Waals surface area contributed by atoms with Crippen LogP contribution in [0.15, 0.2) is 30.3 Å². The number of hydrogen-bond donors (Lipinski definition) is 0. The Hall–Kier alpha value is -2.29. The van der Waals surface area contributed by atoms with E-state index >= 15 is 0 Å². The molecule has 1 aromatic heterocycles. The van der Waals surface area contributed by atoms with Crippen LogP contribution in [0, 0.1) is 11.3 Å². The number of aromatic nitrogens is 1. The van der Waals surface area contributed by atoms with E-state index in [1.165, 1.54) is 0 Å². The summed E-state index contributed by atoms with van der Waals surface area (Å²) in [6.07, 6.45) is -5.27. The van der Waals surface area contributed by atoms with Crippen molar-refractivity contribution in [1.29, 1.82) is 5.26 Å². The summed E-state index contributed by atoms with van der Waals surface area (Å²) in [6, 6.07) is 10.7. The number of alkyl halides is 3. The highest BCUT2D eigenvalue weighted by molar-refractivity contribution is 5.80. The van der Waals surface area contributed by atoms with Gasteiger partial charge < -0.3 is 4.74 Å². The highest BCUT2D eigenvalue weighted by Gasteiger charge is 2.26. The number of pyridine rings is 1. The Morgan fingerprint density at radius 2 is 2.00 bits per heavy atom. The SMILES string of the molecule is N#Cc1cc2ccccc2nc1OCCCC(F)(F)F. The summed E-state index contributed by atoms with van der Waals surface area (Å²) < 4.78 is 41.2. The zero-order chi connectivity index (χ0) is 14.6. The Balaban J connectivity index is 2.11. The van der Waals surface area contributed by atoms with Crippen molar-refractivity contribution in [2.24, 2.45) is 0 Å². The topological polar surface area (TPSA) is 45.9 Å². The zero-order valence-electron chi connectivity index (χ0n) is 10.4. The molecule has 0 saturated heterocycles. The fraction of sp³-hybridized carbons (Fsp3) is 0.286. The minimum absolute atomic E-state index is 0.0772. The third kappa shape index (κ3) is 3.60. The maximum atomic E-state index is 12.0. The van der Waals surface area contributed by atoms with Crippen molar-refractivity contribution in [3.05, 3.63) is 35.9 Å². The van der Waals surface area contributed by atoms with Crippen molar-refractivity contribution in [2.45, 2.75) is 19.0 Å². The lowest BCUT2D eigenvalue weighted by molar-refractivity contribution is -0.136. The lowest BCUT2D eigenvalue weighted by Crippen LogP contribution is -2.10. The highest BCUT2D eigenvalue weighted by atomic mass is 19.4. The molecule has 0 unspecified atom stereocenters. The first-order chi connectivity index (χ1) is 9.49. The highest BCUT2D eigenvalue weighted by Crippen LogP contribution is 2.24. The second-order valence-corrected chi connectivity index (χ2v) is 4.21. The van der Waals surface area contributed by atoms with Crippen LogP contribution in [0.1, 0.15) is 18.4 Å². The van der Waals surface area contributed by atoms with Gasteiger partial charge in [0.1, 0.15) is 11.6 Å². The molecule has 0 spiro atoms. The molecule has 0 amide bonds. The minimum Gasteiger partial charge on any atom is -0.477 e. The number of nitriles is 1. The summed E-state index contributed by atoms with van der Waals surface area (Å²) in [5.74, 6) is 0.0772. The Morgan fingerprint density at radius 1 is 1.25 bits per heavy atom. The van der Waals surface area contributed by atoms with Gasteiger partial charge in [0.15, 0.2) is 0 Å². The van der Waals surface area contributed by atoms with Crippen LogP contribution in [0.25, 0.3) is 10.9 Å². The molecule has 0 aliphatic heterocycles. The van der Waals surface area contributed by atoms with Gasteiger partial charge in [-0.15, -0.1) is 0 Å². The lowest BCUT2D eigenvalue weighted by Gasteiger charge is -2.09. The number of ether oxygens (including phenoxy) is 1. The fourth-order valence-electron chi connectivity index (χ4n) is 1.73. The van der Waals surface area contributed by atoms with Crippen LogP contribution in [0.5, 0.6) is 5.88 Å². The number of para-hydroxylation sites is 1. The molecule has 0 fully saturated rings. The monoisotopic (exact) mass is 280 g/mol. The summed E-state index contributed by atoms with van der Waals surface area (Å²) in [6.45, 7) is -0.125. The molecule has 0 aliphatic rings. The average Bonchev–Trinajstić information content (AvgIpc) is 2.41. The molecule has 0 aliphatic carbocycles. The molecule has 0 radical (unpaired) electrons. The molecule has 3 nitrogen and oxygen atoms in total. The van der Waals surface area contributed by atoms with Crippen molar-refractivity contribution >= 4 is 10.9 Å². The zero-order valence-corrected chi connectivity index (χ0v) is 10.4. The fourth-order valence-corrected chi connectivity index (χ4v) is 1.73. The van der Waals surface area contributed by atoms with Gasteiger partial charge in [-0.05, 0) is 18.6 Å². The molecule has 1 aromatic carbocycles. The standard InChI is InChI=1S/C14H11F3N2O/c15-14(16,17)6-3-7-20-13-11(9-18)8-10-4-1-2-5-12(10)19-13/h1-2,4-5,8H,3,6-7H2. The van der Waals surface area contributed by atoms with Crippen LogP contribution >= 0.6 is 0 Å². The maximum absolute atomic E-state index is 12.0. The van der Waals surface area contributed by atoms with Crippen LogP contribution < -0.4 is 4.74 Å². The van der Waals surface area contributed by atoms with E-state index in [2.05, 4.69) is 4.98 Å². The molecular formula is C14H11F3N2O. The van der Waals surface area contributed by atoms with Crippen LogP contribution in [0.3, 0.4) is 0 Å². The van der Waals surface area contributed by atoms with E-state index < -0.39 is 12.6 Å². The lowest BCUT2D eigenvalue weighted by atomic mass is 10.1. The second kappa shape index (κ2) is 5.78. The van der Waals surface area contributed by atoms with Gasteiger partial charge in [-0.25, -0.2) is 4.98 Å². The van der Waals surface area contributed by atoms with Gasteiger partial charge in [-0.1, -0.05) is 18.2 Å². The van der Waals surface area contributed by atoms with Gasteiger partial charge in [0.25, 0.3) is 0 Å². The molecule has 20 heavy (non-hydrogen) atoms. The predicted octanol–water partition coefficient (Wildman–Crippen LogP) is 3.83. The summed E-state index contributed by atoms with van der Waals surface area (Å²) in [5, 5.41) is 9.80. The molecule has 0 atom stereocenters.